The van der Waals surface area contributed by atoms with E-state index < -0.39 is 0 Å². The molecule has 1 saturated heterocycles. The molecule has 0 aromatic carbocycles. The normalized spacial score (nSPS) is 17.3. The van der Waals surface area contributed by atoms with Gasteiger partial charge in [0.05, 0.1) is 19.8 Å². The van der Waals surface area contributed by atoms with Crippen molar-refractivity contribution in [1.29, 1.82) is 0 Å². The molecule has 1 fully saturated rings. The number of hydrogen-bond donors (Lipinski definition) is 1. The van der Waals surface area contributed by atoms with Gasteiger partial charge in [-0.1, -0.05) is 14.4 Å². The molecule has 142 valence electrons. The Morgan fingerprint density at radius 3 is 1.75 bits per heavy atom. The van der Waals surface area contributed by atoms with Crippen LogP contribution < -0.4 is 0 Å². The van der Waals surface area contributed by atoms with E-state index in [1.165, 1.54) is 7.05 Å². The summed E-state index contributed by atoms with van der Waals surface area (Å²) in [7, 11) is 5.72. The number of ether oxygens (including phenoxy) is 2. The van der Waals surface area contributed by atoms with Gasteiger partial charge in [0.1, 0.15) is 0 Å². The van der Waals surface area contributed by atoms with Crippen molar-refractivity contribution in [2.24, 2.45) is 5.41 Å². The second kappa shape index (κ2) is 14.8. The van der Waals surface area contributed by atoms with Crippen LogP contribution in [0.4, 0.5) is 0 Å². The molecule has 2 rings (SSSR count). The minimum Gasteiger partial charge on any atom is -0.566 e. The maximum atomic E-state index is 11.0. The van der Waals surface area contributed by atoms with Crippen LogP contribution in [-0.4, -0.2) is 55.8 Å². The van der Waals surface area contributed by atoms with Gasteiger partial charge in [0.15, 0.2) is 0 Å². The van der Waals surface area contributed by atoms with Crippen molar-refractivity contribution in [3.05, 3.63) is 25.2 Å². The molecular formula is C17H33NO5W. The van der Waals surface area contributed by atoms with Crippen LogP contribution in [0.15, 0.2) is 11.1 Å². The van der Waals surface area contributed by atoms with Crippen LogP contribution in [-0.2, 0) is 40.1 Å². The van der Waals surface area contributed by atoms with Crippen LogP contribution in [0.3, 0.4) is 0 Å². The maximum Gasteiger partial charge on any atom is 2.00 e. The minimum absolute atomic E-state index is 0. The van der Waals surface area contributed by atoms with Crippen LogP contribution in [0, 0.1) is 19.4 Å². The van der Waals surface area contributed by atoms with Gasteiger partial charge >= 0.3 is 21.1 Å². The molecule has 0 spiro atoms. The van der Waals surface area contributed by atoms with Crippen molar-refractivity contribution in [3.63, 3.8) is 0 Å². The molecule has 6 nitrogen and oxygen atoms in total. The van der Waals surface area contributed by atoms with E-state index in [4.69, 9.17) is 16.0 Å². The molecule has 0 bridgehead atoms. The van der Waals surface area contributed by atoms with E-state index in [0.717, 1.165) is 31.3 Å². The van der Waals surface area contributed by atoms with Gasteiger partial charge in [-0.25, -0.2) is 7.98 Å². The van der Waals surface area contributed by atoms with E-state index in [0.29, 0.717) is 16.6 Å². The Bertz CT molecular complexity index is 388. The zero-order valence-electron chi connectivity index (χ0n) is 15.8. The molecule has 2 aliphatic heterocycles. The van der Waals surface area contributed by atoms with Crippen molar-refractivity contribution in [3.8, 4) is 0 Å². The third kappa shape index (κ3) is 9.07. The molecule has 2 aliphatic rings. The van der Waals surface area contributed by atoms with Crippen molar-refractivity contribution in [2.45, 2.75) is 35.1 Å². The van der Waals surface area contributed by atoms with E-state index >= 15 is 0 Å². The number of imide groups is 1. The predicted molar refractivity (Wildman–Crippen MR) is 92.0 cm³/mol. The van der Waals surface area contributed by atoms with E-state index in [1.54, 1.807) is 27.9 Å². The number of amides is 2. The van der Waals surface area contributed by atoms with E-state index in [1.807, 2.05) is 0 Å². The number of hydrogen-bond acceptors (Lipinski definition) is 5. The fraction of sp³-hybridized carbons (Fsp3) is 0.647. The van der Waals surface area contributed by atoms with Crippen LogP contribution in [0.1, 0.15) is 36.5 Å². The Hall–Kier alpha value is -0.552. The second-order valence-corrected chi connectivity index (χ2v) is 5.41. The molecule has 1 N–H and O–H groups in total. The summed E-state index contributed by atoms with van der Waals surface area (Å²) >= 11 is 0. The molecule has 24 heavy (non-hydrogen) atoms. The van der Waals surface area contributed by atoms with Crippen LogP contribution >= 0.6 is 0 Å². The molecular weight excluding hydrogens is 482 g/mol. The first-order valence-electron chi connectivity index (χ1n) is 7.43. The number of carbonyl (C=O) groups excluding carboxylic acids is 2. The zero-order valence-corrected chi connectivity index (χ0v) is 17.8. The van der Waals surface area contributed by atoms with Gasteiger partial charge in [0.2, 0.25) is 0 Å². The molecule has 0 unspecified atom stereocenters. The summed E-state index contributed by atoms with van der Waals surface area (Å²) in [6, 6.07) is 0. The number of nitrogens with zero attached hydrogens (tertiary/aromatic N) is 1. The molecule has 2 amide bonds. The Labute approximate surface area is 163 Å². The molecule has 0 atom stereocenters. The van der Waals surface area contributed by atoms with Gasteiger partial charge in [-0.2, -0.15) is 6.92 Å². The second-order valence-electron chi connectivity index (χ2n) is 5.41. The quantitative estimate of drug-likeness (QED) is 0.452. The molecule has 0 saturated carbocycles. The molecule has 0 aromatic rings. The Morgan fingerprint density at radius 1 is 1.33 bits per heavy atom. The van der Waals surface area contributed by atoms with Crippen LogP contribution in [0.25, 0.3) is 0 Å². The maximum absolute atomic E-state index is 11.0. The Kier molecular flexibility index (Phi) is 17.4. The first kappa shape index (κ1) is 28.3. The first-order valence-corrected chi connectivity index (χ1v) is 6.72. The van der Waals surface area contributed by atoms with Crippen molar-refractivity contribution in [2.75, 3.05) is 34.0 Å². The van der Waals surface area contributed by atoms with Crippen LogP contribution in [0.5, 0.6) is 0 Å². The van der Waals surface area contributed by atoms with E-state index in [2.05, 4.69) is 14.3 Å². The van der Waals surface area contributed by atoms with E-state index in [9.17, 15) is 9.59 Å². The topological polar surface area (TPSA) is 76.1 Å². The summed E-state index contributed by atoms with van der Waals surface area (Å²) in [6.45, 7) is 10.6. The SMILES string of the molecule is C.CC1=C(C)C(=O)N(C)C1=O.COCC1(C)COC1.C[CH-]O.[2H][CH2-].[W+2]. The third-order valence-corrected chi connectivity index (χ3v) is 3.21. The van der Waals surface area contributed by atoms with Gasteiger partial charge in [0, 0.05) is 30.7 Å². The molecule has 0 aromatic heterocycles. The smallest absolute Gasteiger partial charge is 0.566 e. The Morgan fingerprint density at radius 2 is 1.67 bits per heavy atom. The van der Waals surface area contributed by atoms with E-state index in [-0.39, 0.29) is 40.3 Å². The summed E-state index contributed by atoms with van der Waals surface area (Å²) < 4.78 is 15.5. The molecule has 0 aliphatic carbocycles. The number of aliphatic hydroxyl groups is 1. The monoisotopic (exact) mass is 516 g/mol. The Balaban J connectivity index is -0.000000134. The number of methoxy groups -OCH3 is 1. The summed E-state index contributed by atoms with van der Waals surface area (Å²) in [6.07, 6.45) is 0. The number of aliphatic hydroxyl groups excluding tert-OH is 1. The van der Waals surface area contributed by atoms with Gasteiger partial charge in [0.25, 0.3) is 11.8 Å². The largest absolute Gasteiger partial charge is 2.00 e. The standard InChI is InChI=1S/C7H9NO2.C6H12O2.C2H5O.CH4.CH3.W/c1-4-5(2)7(10)8(3)6(4)9;1-6(3-7-2)4-8-5-6;1-2-3;;;/h1-3H3;3-5H2,1-2H3;2-3H,1H3;1H4;1H3;/q;;-1;;-1;+2/i;;;;1D;. The van der Waals surface area contributed by atoms with Crippen LogP contribution in [0.2, 0.25) is 0 Å². The van der Waals surface area contributed by atoms with Crippen molar-refractivity contribution >= 4 is 11.8 Å². The summed E-state index contributed by atoms with van der Waals surface area (Å²) in [5.74, 6) is -0.356. The fourth-order valence-corrected chi connectivity index (χ4v) is 1.80. The fourth-order valence-electron chi connectivity index (χ4n) is 1.80. The number of rotatable bonds is 2. The summed E-state index contributed by atoms with van der Waals surface area (Å²) in [5.41, 5.74) is 1.45. The molecule has 7 heteroatoms. The number of carbonyl (C=O) groups is 2. The third-order valence-electron chi connectivity index (χ3n) is 3.21. The van der Waals surface area contributed by atoms with Crippen molar-refractivity contribution < 1.29 is 46.6 Å². The predicted octanol–water partition coefficient (Wildman–Crippen LogP) is 2.62. The molecule has 2 heterocycles. The van der Waals surface area contributed by atoms with Gasteiger partial charge in [-0.3, -0.25) is 14.5 Å². The number of likely N-dealkylation sites (N-methyl/N-ethyl adjacent to an activating group) is 1. The van der Waals surface area contributed by atoms with Crippen molar-refractivity contribution in [1.82, 2.24) is 4.90 Å². The van der Waals surface area contributed by atoms with Gasteiger partial charge in [-0.05, 0) is 13.8 Å². The molecule has 0 radical (unpaired) electrons. The average molecular weight is 516 g/mol. The van der Waals surface area contributed by atoms with Gasteiger partial charge in [-0.15, -0.1) is 0 Å². The van der Waals surface area contributed by atoms with Gasteiger partial charge < -0.3 is 22.0 Å². The summed E-state index contributed by atoms with van der Waals surface area (Å²) in [5, 5.41) is 7.44. The minimum atomic E-state index is -0.178. The first-order chi connectivity index (χ1) is 10.7. The summed E-state index contributed by atoms with van der Waals surface area (Å²) in [4.78, 5) is 23.1. The zero-order chi connectivity index (χ0) is 18.6. The average Bonchev–Trinajstić information content (AvgIpc) is 2.68.